The first-order valence-corrected chi connectivity index (χ1v) is 14.3. The molecule has 2 aromatic carbocycles. The van der Waals surface area contributed by atoms with Crippen LogP contribution < -0.4 is 41.5 Å². The highest BCUT2D eigenvalue weighted by Gasteiger charge is 2.46. The number of aromatic carboxylic acids is 1. The fourth-order valence-corrected chi connectivity index (χ4v) is 4.47. The standard InChI is InChI=1S/C29H40N6O13/c1-33-29(32)35-12-46-18-8-14(25(40)41)7-13(5-4-6-34-28(30)31)24(18)48-27-23(39)22(38)21(37)19(47-27)11-45-26(42)15-9-16(43-2)20(36)17(10-15)44-3/h7-10,19,21-23,27,36-39H,4-6,11-12H2,1-3H3,(H,40,41)(H4,30,31,34)(H3,32,33,35). The number of phenols is 1. The highest BCUT2D eigenvalue weighted by atomic mass is 16.7. The van der Waals surface area contributed by atoms with E-state index in [2.05, 4.69) is 15.3 Å². The van der Waals surface area contributed by atoms with E-state index in [1.807, 2.05) is 0 Å². The van der Waals surface area contributed by atoms with Crippen molar-refractivity contribution in [2.45, 2.75) is 43.5 Å². The Morgan fingerprint density at radius 3 is 2.19 bits per heavy atom. The van der Waals surface area contributed by atoms with Crippen molar-refractivity contribution in [1.29, 1.82) is 0 Å². The molecule has 1 saturated heterocycles. The number of guanidine groups is 2. The number of phenolic OH excluding ortho intramolecular Hbond substituents is 1. The van der Waals surface area contributed by atoms with Crippen molar-refractivity contribution in [3.8, 4) is 28.7 Å². The van der Waals surface area contributed by atoms with Crippen LogP contribution in [0.2, 0.25) is 0 Å². The zero-order chi connectivity index (χ0) is 35.5. The number of carbonyl (C=O) groups excluding carboxylic acids is 1. The molecule has 1 fully saturated rings. The molecule has 0 saturated carbocycles. The van der Waals surface area contributed by atoms with Crippen molar-refractivity contribution >= 4 is 23.9 Å². The second kappa shape index (κ2) is 17.1. The Kier molecular flexibility index (Phi) is 13.2. The minimum atomic E-state index is -1.84. The largest absolute Gasteiger partial charge is 0.502 e. The number of rotatable bonds is 15. The average Bonchev–Trinajstić information content (AvgIpc) is 3.06. The van der Waals surface area contributed by atoms with E-state index < -0.39 is 49.3 Å². The number of carboxylic acid groups (broad SMARTS) is 1. The number of aryl methyl sites for hydroxylation is 1. The van der Waals surface area contributed by atoms with Gasteiger partial charge in [0.15, 0.2) is 41.6 Å². The van der Waals surface area contributed by atoms with Crippen LogP contribution in [0.1, 0.15) is 32.7 Å². The first-order valence-electron chi connectivity index (χ1n) is 14.3. The van der Waals surface area contributed by atoms with Gasteiger partial charge < -0.3 is 76.5 Å². The first-order chi connectivity index (χ1) is 22.8. The molecule has 19 nitrogen and oxygen atoms in total. The van der Waals surface area contributed by atoms with Crippen molar-refractivity contribution in [1.82, 2.24) is 5.32 Å². The average molecular weight is 681 g/mol. The number of benzene rings is 2. The lowest BCUT2D eigenvalue weighted by atomic mass is 9.99. The summed E-state index contributed by atoms with van der Waals surface area (Å²) in [6.07, 6.45) is -8.04. The van der Waals surface area contributed by atoms with Gasteiger partial charge in [-0.3, -0.25) is 9.98 Å². The molecular formula is C29H40N6O13. The van der Waals surface area contributed by atoms with Gasteiger partial charge in [-0.1, -0.05) is 0 Å². The van der Waals surface area contributed by atoms with Gasteiger partial charge in [0.25, 0.3) is 0 Å². The molecule has 0 aliphatic carbocycles. The number of aliphatic hydroxyl groups is 3. The molecule has 19 heteroatoms. The lowest BCUT2D eigenvalue weighted by molar-refractivity contribution is -0.277. The molecule has 1 heterocycles. The predicted octanol–water partition coefficient (Wildman–Crippen LogP) is -1.77. The Hall–Kier alpha value is -5.24. The van der Waals surface area contributed by atoms with Crippen molar-refractivity contribution in [2.75, 3.05) is 41.1 Å². The van der Waals surface area contributed by atoms with Gasteiger partial charge in [0.2, 0.25) is 12.0 Å². The lowest BCUT2D eigenvalue weighted by Crippen LogP contribution is -2.60. The van der Waals surface area contributed by atoms with Gasteiger partial charge in [-0.2, -0.15) is 0 Å². The highest BCUT2D eigenvalue weighted by Crippen LogP contribution is 2.38. The van der Waals surface area contributed by atoms with Crippen LogP contribution in [0.5, 0.6) is 28.7 Å². The van der Waals surface area contributed by atoms with Gasteiger partial charge in [-0.15, -0.1) is 0 Å². The molecule has 0 bridgehead atoms. The number of ether oxygens (including phenoxy) is 6. The molecule has 3 rings (SSSR count). The molecule has 48 heavy (non-hydrogen) atoms. The lowest BCUT2D eigenvalue weighted by Gasteiger charge is -2.40. The van der Waals surface area contributed by atoms with E-state index in [1.54, 1.807) is 0 Å². The molecule has 2 aromatic rings. The van der Waals surface area contributed by atoms with Crippen molar-refractivity contribution < 1.29 is 63.5 Å². The number of esters is 1. The second-order valence-corrected chi connectivity index (χ2v) is 10.2. The van der Waals surface area contributed by atoms with Crippen LogP contribution in [0.3, 0.4) is 0 Å². The zero-order valence-corrected chi connectivity index (χ0v) is 26.4. The van der Waals surface area contributed by atoms with E-state index >= 15 is 0 Å². The SMILES string of the molecule is CN=C(N)NCOc1cc(C(=O)O)cc(CCCN=C(N)N)c1OC1OC(COC(=O)c2cc(OC)c(O)c(OC)c2)C(O)C(O)C1O. The number of nitrogens with zero attached hydrogens (tertiary/aromatic N) is 2. The molecule has 0 radical (unpaired) electrons. The van der Waals surface area contributed by atoms with Crippen LogP contribution in [-0.4, -0.2) is 121 Å². The summed E-state index contributed by atoms with van der Waals surface area (Å²) in [5, 5.41) is 54.7. The number of nitrogens with one attached hydrogen (secondary N) is 1. The summed E-state index contributed by atoms with van der Waals surface area (Å²) in [5.74, 6) is -2.99. The number of carboxylic acids is 1. The third kappa shape index (κ3) is 9.41. The summed E-state index contributed by atoms with van der Waals surface area (Å²) in [5.41, 5.74) is 16.5. The monoisotopic (exact) mass is 680 g/mol. The molecule has 12 N–H and O–H groups in total. The maximum Gasteiger partial charge on any atom is 0.338 e. The first kappa shape index (κ1) is 37.2. The van der Waals surface area contributed by atoms with Crippen molar-refractivity contribution in [3.63, 3.8) is 0 Å². The Balaban J connectivity index is 1.90. The van der Waals surface area contributed by atoms with E-state index in [9.17, 15) is 35.1 Å². The summed E-state index contributed by atoms with van der Waals surface area (Å²) in [4.78, 5) is 32.5. The maximum absolute atomic E-state index is 12.9. The molecule has 0 amide bonds. The molecule has 0 aromatic heterocycles. The van der Waals surface area contributed by atoms with E-state index in [4.69, 9.17) is 45.6 Å². The maximum atomic E-state index is 12.9. The summed E-state index contributed by atoms with van der Waals surface area (Å²) in [7, 11) is 3.98. The number of hydrogen-bond acceptors (Lipinski definition) is 14. The predicted molar refractivity (Wildman–Crippen MR) is 167 cm³/mol. The molecule has 0 spiro atoms. The summed E-state index contributed by atoms with van der Waals surface area (Å²) in [6, 6.07) is 4.89. The number of hydrogen-bond donors (Lipinski definition) is 9. The molecule has 264 valence electrons. The fourth-order valence-electron chi connectivity index (χ4n) is 4.47. The third-order valence-electron chi connectivity index (χ3n) is 7.00. The van der Waals surface area contributed by atoms with Crippen LogP contribution in [0.25, 0.3) is 0 Å². The van der Waals surface area contributed by atoms with Crippen LogP contribution in [0, 0.1) is 0 Å². The van der Waals surface area contributed by atoms with Gasteiger partial charge in [-0.25, -0.2) is 9.59 Å². The number of aliphatic imine (C=N–C) groups is 2. The Bertz CT molecular complexity index is 1480. The topological polar surface area (TPSA) is 305 Å². The van der Waals surface area contributed by atoms with Gasteiger partial charge in [0.1, 0.15) is 31.0 Å². The Labute approximate surface area is 274 Å². The Morgan fingerprint density at radius 2 is 1.60 bits per heavy atom. The third-order valence-corrected chi connectivity index (χ3v) is 7.00. The normalized spacial score (nSPS) is 20.7. The molecule has 5 atom stereocenters. The summed E-state index contributed by atoms with van der Waals surface area (Å²) in [6.45, 7) is -0.724. The van der Waals surface area contributed by atoms with Crippen LogP contribution in [0.4, 0.5) is 0 Å². The number of methoxy groups -OCH3 is 2. The van der Waals surface area contributed by atoms with Gasteiger partial charge in [0.05, 0.1) is 25.3 Å². The van der Waals surface area contributed by atoms with Gasteiger partial charge in [0, 0.05) is 13.6 Å². The Morgan fingerprint density at radius 1 is 0.958 bits per heavy atom. The van der Waals surface area contributed by atoms with Crippen molar-refractivity contribution in [3.05, 3.63) is 41.0 Å². The second-order valence-electron chi connectivity index (χ2n) is 10.2. The number of carbonyl (C=O) groups is 2. The van der Waals surface area contributed by atoms with E-state index in [0.29, 0.717) is 6.42 Å². The van der Waals surface area contributed by atoms with Gasteiger partial charge in [-0.05, 0) is 42.7 Å². The van der Waals surface area contributed by atoms with Crippen LogP contribution in [0.15, 0.2) is 34.3 Å². The molecular weight excluding hydrogens is 640 g/mol. The highest BCUT2D eigenvalue weighted by molar-refractivity contribution is 5.91. The number of aliphatic hydroxyl groups excluding tert-OH is 3. The van der Waals surface area contributed by atoms with Gasteiger partial charge >= 0.3 is 11.9 Å². The molecule has 1 aliphatic rings. The zero-order valence-electron chi connectivity index (χ0n) is 26.4. The van der Waals surface area contributed by atoms with Crippen molar-refractivity contribution in [2.24, 2.45) is 27.2 Å². The van der Waals surface area contributed by atoms with E-state index in [-0.39, 0.29) is 77.1 Å². The number of aromatic hydroxyl groups is 1. The van der Waals surface area contributed by atoms with Crippen LogP contribution >= 0.6 is 0 Å². The summed E-state index contributed by atoms with van der Waals surface area (Å²) >= 11 is 0. The van der Waals surface area contributed by atoms with E-state index in [0.717, 1.165) is 6.07 Å². The van der Waals surface area contributed by atoms with E-state index in [1.165, 1.54) is 39.5 Å². The number of nitrogens with two attached hydrogens (primary N) is 3. The summed E-state index contributed by atoms with van der Waals surface area (Å²) < 4.78 is 32.9. The molecule has 1 aliphatic heterocycles. The molecule has 5 unspecified atom stereocenters. The minimum Gasteiger partial charge on any atom is -0.502 e. The van der Waals surface area contributed by atoms with Crippen LogP contribution in [-0.2, 0) is 15.9 Å². The fraction of sp³-hybridized carbons (Fsp3) is 0.448. The quantitative estimate of drug-likeness (QED) is 0.0330. The minimum absolute atomic E-state index is 0.0223. The smallest absolute Gasteiger partial charge is 0.338 e.